The molecule has 1 aromatic heterocycles. The minimum atomic E-state index is -2.18. The fraction of sp³-hybridized carbons (Fsp3) is 0.688. The van der Waals surface area contributed by atoms with Crippen molar-refractivity contribution in [3.63, 3.8) is 0 Å². The molecular weight excluding hydrogens is 665 g/mol. The predicted molar refractivity (Wildman–Crippen MR) is 204 cm³/mol. The first-order chi connectivity index (χ1) is 20.8. The lowest BCUT2D eigenvalue weighted by molar-refractivity contribution is -0.149. The average Bonchev–Trinajstić information content (AvgIpc) is 3.23. The molecule has 0 saturated carbocycles. The maximum absolute atomic E-state index is 13.6. The van der Waals surface area contributed by atoms with E-state index in [1.807, 2.05) is 12.1 Å². The van der Waals surface area contributed by atoms with Crippen LogP contribution < -0.4 is 0 Å². The van der Waals surface area contributed by atoms with Crippen LogP contribution in [0.3, 0.4) is 0 Å². The number of fused-ring (bicyclic) bond motifs is 1. The summed E-state index contributed by atoms with van der Waals surface area (Å²) in [6, 6.07) is 8.28. The number of carbonyl (C=O) groups is 1. The van der Waals surface area contributed by atoms with Gasteiger partial charge in [0.15, 0.2) is 41.5 Å². The van der Waals surface area contributed by atoms with E-state index < -0.39 is 65.9 Å². The van der Waals surface area contributed by atoms with Crippen molar-refractivity contribution < 1.29 is 32.1 Å². The predicted octanol–water partition coefficient (Wildman–Crippen LogP) is 7.92. The summed E-state index contributed by atoms with van der Waals surface area (Å²) in [4.78, 5) is 18.7. The first-order valence-corrected chi connectivity index (χ1v) is 33.4. The highest BCUT2D eigenvalue weighted by atomic mass is 28.4. The van der Waals surface area contributed by atoms with Gasteiger partial charge in [-0.15, -0.1) is 0 Å². The van der Waals surface area contributed by atoms with E-state index in [0.717, 1.165) is 16.5 Å². The number of esters is 1. The van der Waals surface area contributed by atoms with Crippen LogP contribution in [0.4, 0.5) is 0 Å². The number of oxime groups is 1. The fourth-order valence-corrected chi connectivity index (χ4v) is 11.0. The Kier molecular flexibility index (Phi) is 14.1. The topological polar surface area (TPSA) is 89.7 Å². The van der Waals surface area contributed by atoms with E-state index in [9.17, 15) is 4.79 Å². The van der Waals surface area contributed by atoms with E-state index >= 15 is 0 Å². The van der Waals surface area contributed by atoms with Gasteiger partial charge in [0, 0.05) is 10.9 Å². The third-order valence-electron chi connectivity index (χ3n) is 6.56. The zero-order valence-electron chi connectivity index (χ0n) is 31.4. The summed E-state index contributed by atoms with van der Waals surface area (Å²) in [7, 11) is -8.77. The van der Waals surface area contributed by atoms with Crippen LogP contribution in [0.5, 0.6) is 0 Å². The van der Waals surface area contributed by atoms with Gasteiger partial charge in [-0.05, 0) is 96.4 Å². The second-order valence-corrected chi connectivity index (χ2v) is 39.5. The standard InChI is InChI=1S/C32H62N2O7Si5/c1-36-33-22-28(38-43(5,6)7)31(40-45(11,12)13)32(41-46(14,15)16)29(39-44(8,9)10)24-37-30(35)21-25-23-34(42(2,3)4)27-20-18-17-19-26(25)27/h17-20,22-23,28-29,31-32H,21,24H2,1-16H3/b33-22-/t28-,29+,31+,32+/m0/s1. The van der Waals surface area contributed by atoms with Crippen LogP contribution in [-0.2, 0) is 38.5 Å². The minimum Gasteiger partial charge on any atom is -0.463 e. The zero-order chi connectivity index (χ0) is 35.3. The molecule has 0 fully saturated rings. The Morgan fingerprint density at radius 2 is 1.28 bits per heavy atom. The average molecular weight is 727 g/mol. The second-order valence-electron chi connectivity index (χ2n) is 16.9. The number of ether oxygens (including phenoxy) is 1. The van der Waals surface area contributed by atoms with E-state index in [0.29, 0.717) is 0 Å². The van der Waals surface area contributed by atoms with Crippen LogP contribution >= 0.6 is 0 Å². The van der Waals surface area contributed by atoms with Gasteiger partial charge in [0.2, 0.25) is 0 Å². The maximum Gasteiger partial charge on any atom is 0.310 e. The molecule has 0 unspecified atom stereocenters. The quantitative estimate of drug-likeness (QED) is 0.0668. The summed E-state index contributed by atoms with van der Waals surface area (Å²) in [5, 5.41) is 5.22. The van der Waals surface area contributed by atoms with Crippen molar-refractivity contribution in [2.75, 3.05) is 13.7 Å². The van der Waals surface area contributed by atoms with Crippen molar-refractivity contribution in [3.05, 3.63) is 36.0 Å². The summed E-state index contributed by atoms with van der Waals surface area (Å²) in [6.07, 6.45) is 1.74. The highest BCUT2D eigenvalue weighted by Crippen LogP contribution is 2.29. The van der Waals surface area contributed by atoms with Gasteiger partial charge >= 0.3 is 5.97 Å². The molecule has 0 radical (unpaired) electrons. The summed E-state index contributed by atoms with van der Waals surface area (Å²) >= 11 is 0. The molecule has 1 heterocycles. The van der Waals surface area contributed by atoms with Crippen molar-refractivity contribution in [1.82, 2.24) is 4.23 Å². The molecule has 0 saturated heterocycles. The third kappa shape index (κ3) is 14.0. The van der Waals surface area contributed by atoms with E-state index in [2.05, 4.69) is 126 Å². The van der Waals surface area contributed by atoms with Crippen LogP contribution in [0.15, 0.2) is 35.6 Å². The van der Waals surface area contributed by atoms with E-state index in [4.69, 9.17) is 27.3 Å². The number of aromatic nitrogens is 1. The molecule has 0 aliphatic rings. The van der Waals surface area contributed by atoms with Crippen LogP contribution in [0, 0.1) is 0 Å². The van der Waals surface area contributed by atoms with Gasteiger partial charge in [0.05, 0.1) is 12.6 Å². The number of para-hydroxylation sites is 1. The van der Waals surface area contributed by atoms with Gasteiger partial charge < -0.3 is 31.5 Å². The number of carbonyl (C=O) groups excluding carboxylic acids is 1. The molecule has 262 valence electrons. The lowest BCUT2D eigenvalue weighted by Crippen LogP contribution is -2.59. The van der Waals surface area contributed by atoms with Crippen LogP contribution in [-0.4, -0.2) is 96.1 Å². The van der Waals surface area contributed by atoms with Crippen molar-refractivity contribution >= 4 is 64.6 Å². The molecular formula is C32H62N2O7Si5. The summed E-state index contributed by atoms with van der Waals surface area (Å²) < 4.78 is 35.8. The van der Waals surface area contributed by atoms with Gasteiger partial charge in [-0.1, -0.05) is 43.0 Å². The highest BCUT2D eigenvalue weighted by Gasteiger charge is 2.45. The molecule has 14 heteroatoms. The molecule has 0 aliphatic heterocycles. The van der Waals surface area contributed by atoms with E-state index in [1.165, 1.54) is 7.11 Å². The van der Waals surface area contributed by atoms with Crippen molar-refractivity contribution in [2.45, 2.75) is 129 Å². The van der Waals surface area contributed by atoms with Gasteiger partial charge in [-0.25, -0.2) is 0 Å². The molecule has 0 spiro atoms. The zero-order valence-corrected chi connectivity index (χ0v) is 36.4. The molecule has 0 amide bonds. The lowest BCUT2D eigenvalue weighted by atomic mass is 10.0. The summed E-state index contributed by atoms with van der Waals surface area (Å²) in [5.41, 5.74) is 2.13. The number of rotatable bonds is 18. The largest absolute Gasteiger partial charge is 0.463 e. The SMILES string of the molecule is CO/N=C\[C@H](O[Si](C)(C)C)[C@@H](O[Si](C)(C)C)[C@H](O[Si](C)(C)C)[C@@H](COC(=O)Cc1cn([Si](C)(C)C)c2ccccc12)O[Si](C)(C)C. The van der Waals surface area contributed by atoms with Gasteiger partial charge in [-0.2, -0.15) is 0 Å². The van der Waals surface area contributed by atoms with E-state index in [-0.39, 0.29) is 19.0 Å². The smallest absolute Gasteiger partial charge is 0.310 e. The first kappa shape index (κ1) is 40.8. The third-order valence-corrected chi connectivity index (χ3v) is 12.3. The fourth-order valence-electron chi connectivity index (χ4n) is 5.18. The lowest BCUT2D eigenvalue weighted by Gasteiger charge is -2.44. The molecule has 0 N–H and O–H groups in total. The number of hydrogen-bond donors (Lipinski definition) is 0. The molecule has 1 aromatic carbocycles. The van der Waals surface area contributed by atoms with E-state index in [1.54, 1.807) is 6.21 Å². The van der Waals surface area contributed by atoms with Crippen molar-refractivity contribution in [3.8, 4) is 0 Å². The molecule has 9 nitrogen and oxygen atoms in total. The summed E-state index contributed by atoms with van der Waals surface area (Å²) in [6.45, 7) is 32.6. The Morgan fingerprint density at radius 3 is 1.78 bits per heavy atom. The Labute approximate surface area is 283 Å². The first-order valence-electron chi connectivity index (χ1n) is 16.3. The normalized spacial score (nSPS) is 16.4. The highest BCUT2D eigenvalue weighted by molar-refractivity contribution is 6.75. The Balaban J connectivity index is 2.55. The van der Waals surface area contributed by atoms with Gasteiger partial charge in [0.25, 0.3) is 0 Å². The second kappa shape index (κ2) is 15.9. The number of nitrogens with zero attached hydrogens (tertiary/aromatic N) is 2. The van der Waals surface area contributed by atoms with Crippen molar-refractivity contribution in [2.24, 2.45) is 5.16 Å². The Hall–Kier alpha value is -1.38. The molecule has 0 aliphatic carbocycles. The Morgan fingerprint density at radius 1 is 0.761 bits per heavy atom. The number of hydrogen-bond acceptors (Lipinski definition) is 8. The minimum absolute atomic E-state index is 0.0392. The van der Waals surface area contributed by atoms with Gasteiger partial charge in [-0.3, -0.25) is 4.79 Å². The van der Waals surface area contributed by atoms with Crippen LogP contribution in [0.2, 0.25) is 98.2 Å². The maximum atomic E-state index is 13.6. The monoisotopic (exact) mass is 726 g/mol. The number of benzene rings is 1. The molecule has 4 atom stereocenters. The Bertz CT molecular complexity index is 1300. The van der Waals surface area contributed by atoms with Crippen LogP contribution in [0.25, 0.3) is 10.9 Å². The molecule has 46 heavy (non-hydrogen) atoms. The van der Waals surface area contributed by atoms with Gasteiger partial charge in [0.1, 0.15) is 38.1 Å². The molecule has 0 bridgehead atoms. The molecule has 2 aromatic rings. The summed E-state index contributed by atoms with van der Waals surface area (Å²) in [5.74, 6) is -0.298. The van der Waals surface area contributed by atoms with Crippen molar-refractivity contribution in [1.29, 1.82) is 0 Å². The van der Waals surface area contributed by atoms with Crippen LogP contribution in [0.1, 0.15) is 5.56 Å². The molecule has 2 rings (SSSR count).